The van der Waals surface area contributed by atoms with Crippen LogP contribution in [0.15, 0.2) is 18.2 Å². The second-order valence-electron chi connectivity index (χ2n) is 6.27. The molecule has 23 heavy (non-hydrogen) atoms. The van der Waals surface area contributed by atoms with Crippen LogP contribution in [0, 0.1) is 11.7 Å². The third kappa shape index (κ3) is 2.79. The first-order chi connectivity index (χ1) is 11.1. The molecule has 0 spiro atoms. The molecule has 2 aromatic rings. The van der Waals surface area contributed by atoms with Gasteiger partial charge in [0.1, 0.15) is 5.82 Å². The number of carbonyl (C=O) groups is 1. The van der Waals surface area contributed by atoms with Crippen LogP contribution < -0.4 is 4.90 Å². The number of aromatic nitrogens is 1. The van der Waals surface area contributed by atoms with Gasteiger partial charge in [-0.15, -0.1) is 0 Å². The van der Waals surface area contributed by atoms with Crippen LogP contribution in [0.2, 0.25) is 0 Å². The maximum atomic E-state index is 13.2. The van der Waals surface area contributed by atoms with Crippen LogP contribution in [-0.4, -0.2) is 53.2 Å². The Kier molecular flexibility index (Phi) is 3.69. The van der Waals surface area contributed by atoms with Gasteiger partial charge in [0.25, 0.3) is 0 Å². The van der Waals surface area contributed by atoms with Crippen molar-refractivity contribution in [2.24, 2.45) is 5.92 Å². The number of benzene rings is 1. The number of hydrogen-bond acceptors (Lipinski definition) is 5. The summed E-state index contributed by atoms with van der Waals surface area (Å²) in [6, 6.07) is 4.60. The zero-order valence-electron chi connectivity index (χ0n) is 12.6. The summed E-state index contributed by atoms with van der Waals surface area (Å²) in [5.74, 6) is -0.0639. The molecule has 3 heterocycles. The van der Waals surface area contributed by atoms with E-state index in [1.807, 2.05) is 4.90 Å². The van der Waals surface area contributed by atoms with Gasteiger partial charge in [-0.2, -0.15) is 0 Å². The highest BCUT2D eigenvalue weighted by atomic mass is 32.1. The maximum Gasteiger partial charge on any atom is 0.229 e. The van der Waals surface area contributed by atoms with Crippen LogP contribution in [0.1, 0.15) is 12.8 Å². The zero-order chi connectivity index (χ0) is 16.0. The van der Waals surface area contributed by atoms with Gasteiger partial charge in [0.05, 0.1) is 22.2 Å². The number of aliphatic hydroxyl groups is 1. The fourth-order valence-electron chi connectivity index (χ4n) is 3.16. The highest BCUT2D eigenvalue weighted by Crippen LogP contribution is 2.34. The molecule has 2 aliphatic heterocycles. The number of carbonyl (C=O) groups excluding carboxylic acids is 1. The summed E-state index contributed by atoms with van der Waals surface area (Å²) in [5, 5.41) is 10.4. The minimum Gasteiger partial charge on any atom is -0.393 e. The highest BCUT2D eigenvalue weighted by molar-refractivity contribution is 7.22. The number of aliphatic hydroxyl groups excluding tert-OH is 1. The average Bonchev–Trinajstić information content (AvgIpc) is 2.88. The summed E-state index contributed by atoms with van der Waals surface area (Å²) >= 11 is 1.46. The van der Waals surface area contributed by atoms with Crippen molar-refractivity contribution in [3.63, 3.8) is 0 Å². The molecule has 4 rings (SSSR count). The Hall–Kier alpha value is -1.73. The lowest BCUT2D eigenvalue weighted by Crippen LogP contribution is -2.56. The standard InChI is InChI=1S/C16H18FN3O2S/c17-11-1-2-13-14(7-11)23-16(18-13)20-8-10(9-20)15(22)19-5-3-12(21)4-6-19/h1-2,7,10,12,21H,3-6,8-9H2. The molecule has 0 radical (unpaired) electrons. The van der Waals surface area contributed by atoms with Crippen LogP contribution in [0.3, 0.4) is 0 Å². The van der Waals surface area contributed by atoms with Gasteiger partial charge in [-0.25, -0.2) is 9.37 Å². The fraction of sp³-hybridized carbons (Fsp3) is 0.500. The Morgan fingerprint density at radius 2 is 2.04 bits per heavy atom. The second-order valence-corrected chi connectivity index (χ2v) is 7.28. The van der Waals surface area contributed by atoms with Crippen molar-refractivity contribution in [2.75, 3.05) is 31.1 Å². The summed E-state index contributed by atoms with van der Waals surface area (Å²) in [5.41, 5.74) is 0.797. The van der Waals surface area contributed by atoms with E-state index in [-0.39, 0.29) is 23.7 Å². The number of likely N-dealkylation sites (tertiary alicyclic amines) is 1. The molecule has 2 aliphatic rings. The topological polar surface area (TPSA) is 56.7 Å². The lowest BCUT2D eigenvalue weighted by atomic mass is 9.97. The van der Waals surface area contributed by atoms with Crippen molar-refractivity contribution >= 4 is 32.6 Å². The molecular formula is C16H18FN3O2S. The van der Waals surface area contributed by atoms with Crippen LogP contribution in [0.5, 0.6) is 0 Å². The first kappa shape index (κ1) is 14.8. The largest absolute Gasteiger partial charge is 0.393 e. The summed E-state index contributed by atoms with van der Waals surface area (Å²) in [6.07, 6.45) is 1.08. The van der Waals surface area contributed by atoms with E-state index in [2.05, 4.69) is 9.88 Å². The van der Waals surface area contributed by atoms with Gasteiger partial charge >= 0.3 is 0 Å². The van der Waals surface area contributed by atoms with E-state index in [1.165, 1.54) is 23.5 Å². The van der Waals surface area contributed by atoms with Crippen LogP contribution in [0.4, 0.5) is 9.52 Å². The third-order valence-electron chi connectivity index (χ3n) is 4.62. The number of amides is 1. The Morgan fingerprint density at radius 1 is 1.30 bits per heavy atom. The van der Waals surface area contributed by atoms with Crippen molar-refractivity contribution in [3.8, 4) is 0 Å². The third-order valence-corrected chi connectivity index (χ3v) is 5.70. The van der Waals surface area contributed by atoms with Gasteiger partial charge in [-0.3, -0.25) is 4.79 Å². The predicted molar refractivity (Wildman–Crippen MR) is 87.1 cm³/mol. The molecule has 5 nitrogen and oxygen atoms in total. The van der Waals surface area contributed by atoms with Gasteiger partial charge in [-0.1, -0.05) is 11.3 Å². The number of hydrogen-bond donors (Lipinski definition) is 1. The quantitative estimate of drug-likeness (QED) is 0.910. The van der Waals surface area contributed by atoms with E-state index in [0.29, 0.717) is 39.0 Å². The number of thiazole rings is 1. The number of halogens is 1. The molecule has 122 valence electrons. The van der Waals surface area contributed by atoms with E-state index in [0.717, 1.165) is 15.3 Å². The Labute approximate surface area is 137 Å². The van der Waals surface area contributed by atoms with Crippen molar-refractivity contribution in [1.29, 1.82) is 0 Å². The monoisotopic (exact) mass is 335 g/mol. The molecule has 2 fully saturated rings. The number of piperidine rings is 1. The summed E-state index contributed by atoms with van der Waals surface area (Å²) in [6.45, 7) is 2.63. The molecule has 0 atom stereocenters. The molecule has 7 heteroatoms. The fourth-order valence-corrected chi connectivity index (χ4v) is 4.17. The molecule has 1 N–H and O–H groups in total. The van der Waals surface area contributed by atoms with E-state index >= 15 is 0 Å². The summed E-state index contributed by atoms with van der Waals surface area (Å²) in [7, 11) is 0. The summed E-state index contributed by atoms with van der Waals surface area (Å²) < 4.78 is 14.1. The number of nitrogens with zero attached hydrogens (tertiary/aromatic N) is 3. The van der Waals surface area contributed by atoms with Crippen LogP contribution in [-0.2, 0) is 4.79 Å². The smallest absolute Gasteiger partial charge is 0.229 e. The van der Waals surface area contributed by atoms with Crippen molar-refractivity contribution in [3.05, 3.63) is 24.0 Å². The Morgan fingerprint density at radius 3 is 2.78 bits per heavy atom. The molecule has 1 aromatic heterocycles. The van der Waals surface area contributed by atoms with Gasteiger partial charge in [0.15, 0.2) is 5.13 Å². The Balaban J connectivity index is 1.39. The molecule has 1 amide bonds. The van der Waals surface area contributed by atoms with E-state index < -0.39 is 0 Å². The van der Waals surface area contributed by atoms with Crippen molar-refractivity contribution < 1.29 is 14.3 Å². The lowest BCUT2D eigenvalue weighted by Gasteiger charge is -2.41. The van der Waals surface area contributed by atoms with E-state index in [1.54, 1.807) is 6.07 Å². The molecule has 2 saturated heterocycles. The first-order valence-electron chi connectivity index (χ1n) is 7.88. The molecule has 0 bridgehead atoms. The van der Waals surface area contributed by atoms with E-state index in [4.69, 9.17) is 0 Å². The highest BCUT2D eigenvalue weighted by Gasteiger charge is 2.37. The number of fused-ring (bicyclic) bond motifs is 1. The van der Waals surface area contributed by atoms with Gasteiger partial charge < -0.3 is 14.9 Å². The van der Waals surface area contributed by atoms with Crippen LogP contribution >= 0.6 is 11.3 Å². The van der Waals surface area contributed by atoms with Crippen molar-refractivity contribution in [1.82, 2.24) is 9.88 Å². The zero-order valence-corrected chi connectivity index (χ0v) is 13.4. The normalized spacial score (nSPS) is 20.1. The second kappa shape index (κ2) is 5.72. The Bertz CT molecular complexity index is 736. The molecule has 0 aliphatic carbocycles. The minimum atomic E-state index is -0.264. The lowest BCUT2D eigenvalue weighted by molar-refractivity contribution is -0.138. The van der Waals surface area contributed by atoms with E-state index in [9.17, 15) is 14.3 Å². The van der Waals surface area contributed by atoms with Crippen LogP contribution in [0.25, 0.3) is 10.2 Å². The predicted octanol–water partition coefficient (Wildman–Crippen LogP) is 1.85. The first-order valence-corrected chi connectivity index (χ1v) is 8.70. The van der Waals surface area contributed by atoms with Crippen molar-refractivity contribution in [2.45, 2.75) is 18.9 Å². The molecule has 0 unspecified atom stereocenters. The SMILES string of the molecule is O=C(C1CN(c2nc3ccc(F)cc3s2)C1)N1CCC(O)CC1. The van der Waals surface area contributed by atoms with Gasteiger partial charge in [0, 0.05) is 26.2 Å². The average molecular weight is 335 g/mol. The maximum absolute atomic E-state index is 13.2. The van der Waals surface area contributed by atoms with Gasteiger partial charge in [0.2, 0.25) is 5.91 Å². The molecular weight excluding hydrogens is 317 g/mol. The number of rotatable bonds is 2. The molecule has 1 aromatic carbocycles. The van der Waals surface area contributed by atoms with Gasteiger partial charge in [-0.05, 0) is 31.0 Å². The summed E-state index contributed by atoms with van der Waals surface area (Å²) in [4.78, 5) is 20.9. The molecule has 0 saturated carbocycles. The minimum absolute atomic E-state index is 0.00833. The number of anilines is 1.